The van der Waals surface area contributed by atoms with Gasteiger partial charge in [0, 0.05) is 52.0 Å². The van der Waals surface area contributed by atoms with E-state index in [2.05, 4.69) is 4.98 Å². The Bertz CT molecular complexity index is 655. The Morgan fingerprint density at radius 1 is 1.26 bits per heavy atom. The second kappa shape index (κ2) is 4.70. The van der Waals surface area contributed by atoms with Crippen molar-refractivity contribution in [2.24, 2.45) is 0 Å². The first-order valence-corrected chi connectivity index (χ1v) is 7.65. The van der Waals surface area contributed by atoms with Gasteiger partial charge < -0.3 is 15.6 Å². The molecule has 1 saturated heterocycles. The van der Waals surface area contributed by atoms with Crippen LogP contribution in [0.2, 0.25) is 0 Å². The van der Waals surface area contributed by atoms with Gasteiger partial charge in [0.05, 0.1) is 0 Å². The van der Waals surface area contributed by atoms with Crippen LogP contribution in [0.3, 0.4) is 0 Å². The van der Waals surface area contributed by atoms with Gasteiger partial charge in [-0.25, -0.2) is 0 Å². The molecule has 2 aromatic rings. The van der Waals surface area contributed by atoms with Crippen molar-refractivity contribution < 1.29 is 9.00 Å². The Morgan fingerprint density at radius 3 is 2.74 bits per heavy atom. The average molecular weight is 277 g/mol. The van der Waals surface area contributed by atoms with Crippen molar-refractivity contribution in [3.8, 4) is 0 Å². The topological polar surface area (TPSA) is 79.2 Å². The summed E-state index contributed by atoms with van der Waals surface area (Å²) in [6.45, 7) is 1.12. The van der Waals surface area contributed by atoms with Gasteiger partial charge in [0.15, 0.2) is 0 Å². The van der Waals surface area contributed by atoms with Crippen molar-refractivity contribution >= 4 is 33.3 Å². The maximum absolute atomic E-state index is 12.3. The number of nitrogens with one attached hydrogen (secondary N) is 1. The van der Waals surface area contributed by atoms with Crippen LogP contribution in [0.5, 0.6) is 0 Å². The summed E-state index contributed by atoms with van der Waals surface area (Å²) in [5.41, 5.74) is 7.87. The SMILES string of the molecule is Nc1ccc2[nH]c(C(=O)N3CCS(=O)CC3)cc2c1. The van der Waals surface area contributed by atoms with Gasteiger partial charge in [-0.15, -0.1) is 0 Å². The number of fused-ring (bicyclic) bond motifs is 1. The number of hydrogen-bond acceptors (Lipinski definition) is 3. The number of nitrogen functional groups attached to an aromatic ring is 1. The molecule has 5 nitrogen and oxygen atoms in total. The van der Waals surface area contributed by atoms with Crippen molar-refractivity contribution in [2.75, 3.05) is 30.3 Å². The lowest BCUT2D eigenvalue weighted by molar-refractivity contribution is 0.0766. The van der Waals surface area contributed by atoms with E-state index in [1.54, 1.807) is 11.0 Å². The number of amides is 1. The van der Waals surface area contributed by atoms with Crippen LogP contribution < -0.4 is 5.73 Å². The van der Waals surface area contributed by atoms with Crippen LogP contribution in [0.4, 0.5) is 5.69 Å². The largest absolute Gasteiger partial charge is 0.399 e. The summed E-state index contributed by atoms with van der Waals surface area (Å²) in [4.78, 5) is 17.2. The third-order valence-electron chi connectivity index (χ3n) is 3.34. The minimum atomic E-state index is -0.772. The van der Waals surface area contributed by atoms with Gasteiger partial charge in [-0.05, 0) is 24.3 Å². The van der Waals surface area contributed by atoms with E-state index >= 15 is 0 Å². The Balaban J connectivity index is 1.87. The Morgan fingerprint density at radius 2 is 2.00 bits per heavy atom. The smallest absolute Gasteiger partial charge is 0.270 e. The highest BCUT2D eigenvalue weighted by Gasteiger charge is 2.22. The van der Waals surface area contributed by atoms with E-state index in [4.69, 9.17) is 5.73 Å². The molecule has 3 N–H and O–H groups in total. The number of nitrogens with zero attached hydrogens (tertiary/aromatic N) is 1. The first-order valence-electron chi connectivity index (χ1n) is 6.16. The van der Waals surface area contributed by atoms with Crippen LogP contribution in [-0.2, 0) is 10.8 Å². The molecule has 1 aliphatic heterocycles. The van der Waals surface area contributed by atoms with E-state index in [0.29, 0.717) is 36.0 Å². The zero-order valence-corrected chi connectivity index (χ0v) is 11.2. The van der Waals surface area contributed by atoms with Crippen LogP contribution in [0, 0.1) is 0 Å². The summed E-state index contributed by atoms with van der Waals surface area (Å²) in [7, 11) is -0.772. The number of carbonyl (C=O) groups is 1. The summed E-state index contributed by atoms with van der Waals surface area (Å²) in [6, 6.07) is 7.33. The highest BCUT2D eigenvalue weighted by Crippen LogP contribution is 2.19. The van der Waals surface area contributed by atoms with Crippen molar-refractivity contribution in [1.29, 1.82) is 0 Å². The minimum absolute atomic E-state index is 0.0357. The highest BCUT2D eigenvalue weighted by atomic mass is 32.2. The number of H-pyrrole nitrogens is 1. The van der Waals surface area contributed by atoms with Crippen molar-refractivity contribution in [3.05, 3.63) is 30.0 Å². The van der Waals surface area contributed by atoms with Gasteiger partial charge >= 0.3 is 0 Å². The molecule has 1 aromatic carbocycles. The van der Waals surface area contributed by atoms with Crippen LogP contribution in [0.15, 0.2) is 24.3 Å². The number of hydrogen-bond donors (Lipinski definition) is 2. The molecule has 0 saturated carbocycles. The van der Waals surface area contributed by atoms with E-state index in [9.17, 15) is 9.00 Å². The number of nitrogens with two attached hydrogens (primary N) is 1. The minimum Gasteiger partial charge on any atom is -0.399 e. The molecule has 1 aromatic heterocycles. The normalized spacial score (nSPS) is 16.9. The number of benzene rings is 1. The molecule has 100 valence electrons. The zero-order chi connectivity index (χ0) is 13.4. The van der Waals surface area contributed by atoms with Gasteiger partial charge in [0.25, 0.3) is 5.91 Å². The molecule has 19 heavy (non-hydrogen) atoms. The van der Waals surface area contributed by atoms with E-state index in [1.807, 2.05) is 18.2 Å². The first kappa shape index (κ1) is 12.2. The van der Waals surface area contributed by atoms with E-state index < -0.39 is 10.8 Å². The Labute approximate surface area is 113 Å². The molecule has 0 bridgehead atoms. The first-order chi connectivity index (χ1) is 9.13. The number of anilines is 1. The van der Waals surface area contributed by atoms with Gasteiger partial charge in [0.1, 0.15) is 5.69 Å². The molecule has 0 aliphatic carbocycles. The molecule has 0 unspecified atom stereocenters. The summed E-state index contributed by atoms with van der Waals surface area (Å²) < 4.78 is 11.3. The van der Waals surface area contributed by atoms with E-state index in [1.165, 1.54) is 0 Å². The molecule has 1 amide bonds. The van der Waals surface area contributed by atoms with Crippen LogP contribution in [0.25, 0.3) is 10.9 Å². The highest BCUT2D eigenvalue weighted by molar-refractivity contribution is 7.85. The lowest BCUT2D eigenvalue weighted by Crippen LogP contribution is -2.41. The summed E-state index contributed by atoms with van der Waals surface area (Å²) >= 11 is 0. The quantitative estimate of drug-likeness (QED) is 0.762. The second-order valence-corrected chi connectivity index (χ2v) is 6.37. The third-order valence-corrected chi connectivity index (χ3v) is 4.62. The monoisotopic (exact) mass is 277 g/mol. The molecule has 1 aliphatic rings. The molecular weight excluding hydrogens is 262 g/mol. The number of rotatable bonds is 1. The van der Waals surface area contributed by atoms with Crippen LogP contribution >= 0.6 is 0 Å². The lowest BCUT2D eigenvalue weighted by Gasteiger charge is -2.25. The maximum Gasteiger partial charge on any atom is 0.270 e. The maximum atomic E-state index is 12.3. The van der Waals surface area contributed by atoms with Gasteiger partial charge in [-0.3, -0.25) is 9.00 Å². The molecule has 3 rings (SSSR count). The number of aromatic amines is 1. The molecule has 0 spiro atoms. The predicted octanol–water partition coefficient (Wildman–Crippen LogP) is 0.955. The van der Waals surface area contributed by atoms with Crippen molar-refractivity contribution in [3.63, 3.8) is 0 Å². The number of carbonyl (C=O) groups excluding carboxylic acids is 1. The summed E-state index contributed by atoms with van der Waals surface area (Å²) in [5.74, 6) is 1.10. The van der Waals surface area contributed by atoms with Crippen LogP contribution in [-0.4, -0.2) is 44.6 Å². The molecular formula is C13H15N3O2S. The third kappa shape index (κ3) is 2.35. The second-order valence-electron chi connectivity index (χ2n) is 4.67. The predicted molar refractivity (Wildman–Crippen MR) is 76.5 cm³/mol. The standard InChI is InChI=1S/C13H15N3O2S/c14-10-1-2-11-9(7-10)8-12(15-11)13(17)16-3-5-19(18)6-4-16/h1-2,7-8,15H,3-6,14H2. The van der Waals surface area contributed by atoms with Gasteiger partial charge in [-0.2, -0.15) is 0 Å². The van der Waals surface area contributed by atoms with Crippen molar-refractivity contribution in [1.82, 2.24) is 9.88 Å². The van der Waals surface area contributed by atoms with Crippen LogP contribution in [0.1, 0.15) is 10.5 Å². The number of aromatic nitrogens is 1. The molecule has 6 heteroatoms. The summed E-state index contributed by atoms with van der Waals surface area (Å²) in [5, 5.41) is 0.934. The fraction of sp³-hybridized carbons (Fsp3) is 0.308. The Hall–Kier alpha value is -1.82. The van der Waals surface area contributed by atoms with Gasteiger partial charge in [0.2, 0.25) is 0 Å². The Kier molecular flexibility index (Phi) is 3.02. The van der Waals surface area contributed by atoms with E-state index in [-0.39, 0.29) is 5.91 Å². The van der Waals surface area contributed by atoms with Crippen molar-refractivity contribution in [2.45, 2.75) is 0 Å². The fourth-order valence-electron chi connectivity index (χ4n) is 2.28. The molecule has 2 heterocycles. The average Bonchev–Trinajstić information content (AvgIpc) is 2.81. The lowest BCUT2D eigenvalue weighted by atomic mass is 10.2. The molecule has 1 fully saturated rings. The summed E-state index contributed by atoms with van der Waals surface area (Å²) in [6.07, 6.45) is 0. The fourth-order valence-corrected chi connectivity index (χ4v) is 3.33. The zero-order valence-electron chi connectivity index (χ0n) is 10.4. The molecule has 0 radical (unpaired) electrons. The molecule has 0 atom stereocenters. The van der Waals surface area contributed by atoms with E-state index in [0.717, 1.165) is 10.9 Å². The van der Waals surface area contributed by atoms with Gasteiger partial charge in [-0.1, -0.05) is 0 Å².